The van der Waals surface area contributed by atoms with Crippen LogP contribution in [-0.2, 0) is 12.4 Å². The van der Waals surface area contributed by atoms with E-state index in [0.29, 0.717) is 12.1 Å². The Morgan fingerprint density at radius 1 is 0.818 bits per heavy atom. The molecule has 0 aliphatic carbocycles. The molecule has 22 heavy (non-hydrogen) atoms. The third-order valence-electron chi connectivity index (χ3n) is 2.71. The Labute approximate surface area is 131 Å². The van der Waals surface area contributed by atoms with Gasteiger partial charge in [-0.05, 0) is 40.8 Å². The Kier molecular flexibility index (Phi) is 4.00. The zero-order valence-electron chi connectivity index (χ0n) is 10.2. The predicted molar refractivity (Wildman–Crippen MR) is 73.8 cm³/mol. The summed E-state index contributed by atoms with van der Waals surface area (Å²) < 4.78 is 75.9. The highest BCUT2D eigenvalue weighted by atomic mass is 127. The number of halogens is 7. The standard InChI is InChI=1S/C12H4F6INO2/c13-11(14,15)4-1-5(12(16,17)18)3-6(2-4)20-8-7(19)9(21)10(8)22/h1-3,20H. The summed E-state index contributed by atoms with van der Waals surface area (Å²) in [5, 5.41) is 2.14. The van der Waals surface area contributed by atoms with Crippen molar-refractivity contribution in [2.24, 2.45) is 0 Å². The highest BCUT2D eigenvalue weighted by Crippen LogP contribution is 2.38. The molecule has 0 radical (unpaired) electrons. The average molecular weight is 435 g/mol. The molecule has 2 rings (SSSR count). The minimum atomic E-state index is -4.99. The van der Waals surface area contributed by atoms with Crippen LogP contribution in [-0.4, -0.2) is 0 Å². The zero-order chi connectivity index (χ0) is 16.9. The number of rotatable bonds is 2. The molecule has 0 amide bonds. The average Bonchev–Trinajstić information content (AvgIpc) is 2.41. The Morgan fingerprint density at radius 2 is 1.27 bits per heavy atom. The van der Waals surface area contributed by atoms with Crippen LogP contribution in [0.15, 0.2) is 27.8 Å². The maximum absolute atomic E-state index is 12.7. The SMILES string of the molecule is O=c1c(I)c(Nc2cc(C(F)(F)F)cc(C(F)(F)F)c2)c1=O. The van der Waals surface area contributed by atoms with E-state index in [4.69, 9.17) is 0 Å². The fourth-order valence-corrected chi connectivity index (χ4v) is 2.27. The van der Waals surface area contributed by atoms with Crippen LogP contribution >= 0.6 is 22.6 Å². The smallest absolute Gasteiger partial charge is 0.351 e. The van der Waals surface area contributed by atoms with E-state index in [1.807, 2.05) is 0 Å². The molecule has 0 unspecified atom stereocenters. The van der Waals surface area contributed by atoms with Crippen molar-refractivity contribution in [2.75, 3.05) is 5.32 Å². The van der Waals surface area contributed by atoms with Gasteiger partial charge in [0, 0.05) is 5.69 Å². The molecular formula is C12H4F6INO2. The van der Waals surface area contributed by atoms with Gasteiger partial charge in [0.05, 0.1) is 14.7 Å². The second-order valence-electron chi connectivity index (χ2n) is 4.27. The van der Waals surface area contributed by atoms with Crippen LogP contribution in [0.2, 0.25) is 0 Å². The van der Waals surface area contributed by atoms with Gasteiger partial charge in [-0.2, -0.15) is 26.3 Å². The molecule has 0 saturated carbocycles. The number of hydrogen-bond donors (Lipinski definition) is 1. The van der Waals surface area contributed by atoms with Crippen molar-refractivity contribution in [3.8, 4) is 0 Å². The first-order valence-corrected chi connectivity index (χ1v) is 6.54. The summed E-state index contributed by atoms with van der Waals surface area (Å²) in [6, 6.07) is 0.836. The molecule has 0 saturated heterocycles. The van der Waals surface area contributed by atoms with E-state index >= 15 is 0 Å². The first-order valence-electron chi connectivity index (χ1n) is 5.46. The van der Waals surface area contributed by atoms with Gasteiger partial charge in [0.1, 0.15) is 5.69 Å². The summed E-state index contributed by atoms with van der Waals surface area (Å²) in [4.78, 5) is 22.2. The molecule has 0 heterocycles. The van der Waals surface area contributed by atoms with Crippen LogP contribution in [0.4, 0.5) is 37.7 Å². The lowest BCUT2D eigenvalue weighted by atomic mass is 10.1. The van der Waals surface area contributed by atoms with Crippen molar-refractivity contribution in [3.05, 3.63) is 53.3 Å². The summed E-state index contributed by atoms with van der Waals surface area (Å²) in [7, 11) is 0. The van der Waals surface area contributed by atoms with Crippen molar-refractivity contribution in [3.63, 3.8) is 0 Å². The number of anilines is 2. The molecule has 0 fully saturated rings. The first-order chi connectivity index (χ1) is 9.91. The van der Waals surface area contributed by atoms with Gasteiger partial charge < -0.3 is 5.32 Å². The van der Waals surface area contributed by atoms with E-state index in [1.165, 1.54) is 22.6 Å². The largest absolute Gasteiger partial charge is 0.416 e. The van der Waals surface area contributed by atoms with Crippen molar-refractivity contribution in [1.82, 2.24) is 0 Å². The summed E-state index contributed by atoms with van der Waals surface area (Å²) in [5.41, 5.74) is -5.76. The van der Waals surface area contributed by atoms with Gasteiger partial charge in [-0.25, -0.2) is 0 Å². The molecule has 0 bridgehead atoms. The molecule has 0 aliphatic rings. The second-order valence-corrected chi connectivity index (χ2v) is 5.35. The minimum Gasteiger partial charge on any atom is -0.351 e. The number of alkyl halides is 6. The third-order valence-corrected chi connectivity index (χ3v) is 3.74. The normalized spacial score (nSPS) is 12.7. The lowest BCUT2D eigenvalue weighted by Crippen LogP contribution is -2.36. The molecule has 0 atom stereocenters. The Morgan fingerprint density at radius 3 is 1.64 bits per heavy atom. The fraction of sp³-hybridized carbons (Fsp3) is 0.167. The third kappa shape index (κ3) is 3.10. The van der Waals surface area contributed by atoms with Crippen LogP contribution in [0, 0.1) is 3.57 Å². The van der Waals surface area contributed by atoms with Crippen LogP contribution in [0.25, 0.3) is 0 Å². The van der Waals surface area contributed by atoms with Gasteiger partial charge in [0.15, 0.2) is 0 Å². The lowest BCUT2D eigenvalue weighted by molar-refractivity contribution is -0.143. The Bertz CT molecular complexity index is 769. The van der Waals surface area contributed by atoms with E-state index < -0.39 is 40.0 Å². The second kappa shape index (κ2) is 5.25. The van der Waals surface area contributed by atoms with Gasteiger partial charge in [0.25, 0.3) is 5.43 Å². The van der Waals surface area contributed by atoms with Gasteiger partial charge in [-0.3, -0.25) is 9.59 Å². The summed E-state index contributed by atoms with van der Waals surface area (Å²) >= 11 is 1.48. The van der Waals surface area contributed by atoms with E-state index in [0.717, 1.165) is 0 Å². The predicted octanol–water partition coefficient (Wildman–Crippen LogP) is 3.67. The van der Waals surface area contributed by atoms with Crippen LogP contribution < -0.4 is 16.2 Å². The Balaban J connectivity index is 2.52. The summed E-state index contributed by atoms with van der Waals surface area (Å²) in [6.07, 6.45) is -9.97. The number of hydrogen-bond acceptors (Lipinski definition) is 3. The van der Waals surface area contributed by atoms with Crippen LogP contribution in [0.5, 0.6) is 0 Å². The topological polar surface area (TPSA) is 46.2 Å². The fourth-order valence-electron chi connectivity index (χ4n) is 1.65. The maximum Gasteiger partial charge on any atom is 0.416 e. The van der Waals surface area contributed by atoms with E-state index in [1.54, 1.807) is 0 Å². The molecule has 1 N–H and O–H groups in total. The van der Waals surface area contributed by atoms with E-state index in [9.17, 15) is 35.9 Å². The van der Waals surface area contributed by atoms with Crippen molar-refractivity contribution in [2.45, 2.75) is 12.4 Å². The molecule has 2 aromatic carbocycles. The summed E-state index contributed by atoms with van der Waals surface area (Å²) in [5.74, 6) is 0. The van der Waals surface area contributed by atoms with Crippen molar-refractivity contribution >= 4 is 34.0 Å². The van der Waals surface area contributed by atoms with E-state index in [2.05, 4.69) is 5.32 Å². The number of nitrogens with one attached hydrogen (secondary N) is 1. The highest BCUT2D eigenvalue weighted by molar-refractivity contribution is 14.1. The van der Waals surface area contributed by atoms with E-state index in [-0.39, 0.29) is 15.3 Å². The lowest BCUT2D eigenvalue weighted by Gasteiger charge is -2.16. The first kappa shape index (κ1) is 16.8. The van der Waals surface area contributed by atoms with Gasteiger partial charge in [-0.1, -0.05) is 0 Å². The highest BCUT2D eigenvalue weighted by Gasteiger charge is 2.37. The molecule has 0 aromatic heterocycles. The zero-order valence-corrected chi connectivity index (χ0v) is 12.4. The minimum absolute atomic E-state index is 0.0295. The summed E-state index contributed by atoms with van der Waals surface area (Å²) in [6.45, 7) is 0. The monoisotopic (exact) mass is 435 g/mol. The van der Waals surface area contributed by atoms with Crippen LogP contribution in [0.1, 0.15) is 11.1 Å². The van der Waals surface area contributed by atoms with Gasteiger partial charge in [-0.15, -0.1) is 0 Å². The van der Waals surface area contributed by atoms with Gasteiger partial charge in [0.2, 0.25) is 5.43 Å². The van der Waals surface area contributed by atoms with Crippen molar-refractivity contribution in [1.29, 1.82) is 0 Å². The molecule has 2 aromatic rings. The van der Waals surface area contributed by atoms with Gasteiger partial charge >= 0.3 is 12.4 Å². The Hall–Kier alpha value is -1.59. The molecule has 3 nitrogen and oxygen atoms in total. The quantitative estimate of drug-likeness (QED) is 0.445. The number of benzene rings is 1. The van der Waals surface area contributed by atoms with Crippen LogP contribution in [0.3, 0.4) is 0 Å². The molecule has 10 heteroatoms. The molecule has 0 spiro atoms. The molecular weight excluding hydrogens is 431 g/mol. The maximum atomic E-state index is 12.7. The van der Waals surface area contributed by atoms with Crippen molar-refractivity contribution < 1.29 is 26.3 Å². The molecule has 118 valence electrons. The molecule has 0 aliphatic heterocycles.